The fraction of sp³-hybridized carbons (Fsp3) is 0.214. The summed E-state index contributed by atoms with van der Waals surface area (Å²) in [5.74, 6) is 0.257. The zero-order valence-corrected chi connectivity index (χ0v) is 11.0. The minimum absolute atomic E-state index is 0.116. The molecule has 0 atom stereocenters. The zero-order valence-electron chi connectivity index (χ0n) is 11.0. The van der Waals surface area contributed by atoms with Gasteiger partial charge in [0.2, 0.25) is 0 Å². The Hall–Kier alpha value is -2.44. The van der Waals surface area contributed by atoms with Crippen molar-refractivity contribution in [1.82, 2.24) is 9.97 Å². The number of nitrogens with zero attached hydrogens (tertiary/aromatic N) is 2. The number of hydrogen-bond acceptors (Lipinski definition) is 4. The Morgan fingerprint density at radius 1 is 1.29 bits per heavy atom. The molecular formula is C14H11F3N2O2. The molecule has 0 saturated carbocycles. The van der Waals surface area contributed by atoms with Gasteiger partial charge in [0.05, 0.1) is 6.61 Å². The number of carbonyl (C=O) groups excluding carboxylic acids is 1. The van der Waals surface area contributed by atoms with Gasteiger partial charge in [-0.1, -0.05) is 0 Å². The van der Waals surface area contributed by atoms with Crippen molar-refractivity contribution in [2.24, 2.45) is 0 Å². The molecule has 7 heteroatoms. The van der Waals surface area contributed by atoms with Gasteiger partial charge in [0.25, 0.3) is 0 Å². The number of benzene rings is 1. The summed E-state index contributed by atoms with van der Waals surface area (Å²) in [6.45, 7) is 2.12. The molecule has 0 saturated heterocycles. The van der Waals surface area contributed by atoms with Gasteiger partial charge in [-0.05, 0) is 31.2 Å². The van der Waals surface area contributed by atoms with Crippen molar-refractivity contribution >= 4 is 6.29 Å². The van der Waals surface area contributed by atoms with E-state index >= 15 is 0 Å². The summed E-state index contributed by atoms with van der Waals surface area (Å²) in [5, 5.41) is 0. The predicted octanol–water partition coefficient (Wildman–Crippen LogP) is 3.37. The third-order valence-corrected chi connectivity index (χ3v) is 2.58. The van der Waals surface area contributed by atoms with Crippen LogP contribution in [0.15, 0.2) is 30.5 Å². The van der Waals surface area contributed by atoms with Gasteiger partial charge in [-0.2, -0.15) is 13.2 Å². The average molecular weight is 296 g/mol. The van der Waals surface area contributed by atoms with Gasteiger partial charge in [-0.15, -0.1) is 0 Å². The maximum atomic E-state index is 12.7. The van der Waals surface area contributed by atoms with Crippen LogP contribution < -0.4 is 4.74 Å². The molecule has 0 aliphatic carbocycles. The maximum Gasteiger partial charge on any atom is 0.433 e. The quantitative estimate of drug-likeness (QED) is 0.812. The van der Waals surface area contributed by atoms with Crippen LogP contribution in [-0.2, 0) is 6.18 Å². The Bertz CT molecular complexity index is 657. The Morgan fingerprint density at radius 3 is 2.67 bits per heavy atom. The summed E-state index contributed by atoms with van der Waals surface area (Å²) in [5.41, 5.74) is -0.479. The second kappa shape index (κ2) is 5.90. The molecule has 0 bridgehead atoms. The fourth-order valence-electron chi connectivity index (χ4n) is 1.72. The molecule has 2 aromatic rings. The second-order valence-corrected chi connectivity index (χ2v) is 4.10. The smallest absolute Gasteiger partial charge is 0.433 e. The van der Waals surface area contributed by atoms with E-state index in [2.05, 4.69) is 9.97 Å². The number of carbonyl (C=O) groups is 1. The van der Waals surface area contributed by atoms with E-state index in [9.17, 15) is 18.0 Å². The van der Waals surface area contributed by atoms with E-state index in [1.165, 1.54) is 18.2 Å². The second-order valence-electron chi connectivity index (χ2n) is 4.10. The van der Waals surface area contributed by atoms with E-state index in [4.69, 9.17) is 4.74 Å². The monoisotopic (exact) mass is 296 g/mol. The minimum atomic E-state index is -4.55. The highest BCUT2D eigenvalue weighted by molar-refractivity contribution is 5.79. The molecule has 0 radical (unpaired) electrons. The molecule has 1 aromatic heterocycles. The number of rotatable bonds is 4. The normalized spacial score (nSPS) is 11.2. The van der Waals surface area contributed by atoms with Crippen LogP contribution in [0.2, 0.25) is 0 Å². The van der Waals surface area contributed by atoms with Gasteiger partial charge < -0.3 is 4.74 Å². The topological polar surface area (TPSA) is 52.1 Å². The Kier molecular flexibility index (Phi) is 4.21. The number of aldehydes is 1. The third-order valence-electron chi connectivity index (χ3n) is 2.58. The molecule has 0 aliphatic rings. The summed E-state index contributed by atoms with van der Waals surface area (Å²) < 4.78 is 43.2. The van der Waals surface area contributed by atoms with E-state index in [0.717, 1.165) is 12.3 Å². The highest BCUT2D eigenvalue weighted by Crippen LogP contribution is 2.29. The number of ether oxygens (including phenoxy) is 1. The molecule has 0 amide bonds. The molecular weight excluding hydrogens is 285 g/mol. The lowest BCUT2D eigenvalue weighted by atomic mass is 10.1. The van der Waals surface area contributed by atoms with E-state index in [-0.39, 0.29) is 17.0 Å². The standard InChI is InChI=1S/C14H11F3N2O2/c1-2-21-11-6-9(8-20)5-10(7-11)13-18-4-3-12(19-13)14(15,16)17/h3-8H,2H2,1H3. The summed E-state index contributed by atoms with van der Waals surface area (Å²) in [7, 11) is 0. The Morgan fingerprint density at radius 2 is 2.05 bits per heavy atom. The summed E-state index contributed by atoms with van der Waals surface area (Å²) >= 11 is 0. The van der Waals surface area contributed by atoms with Crippen LogP contribution in [0.1, 0.15) is 23.0 Å². The van der Waals surface area contributed by atoms with Gasteiger partial charge in [0.15, 0.2) is 5.82 Å². The molecule has 110 valence electrons. The van der Waals surface area contributed by atoms with Crippen LogP contribution in [-0.4, -0.2) is 22.9 Å². The van der Waals surface area contributed by atoms with Crippen LogP contribution >= 0.6 is 0 Å². The molecule has 4 nitrogen and oxygen atoms in total. The number of hydrogen-bond donors (Lipinski definition) is 0. The lowest BCUT2D eigenvalue weighted by molar-refractivity contribution is -0.141. The molecule has 1 heterocycles. The average Bonchev–Trinajstić information content (AvgIpc) is 2.46. The van der Waals surface area contributed by atoms with Gasteiger partial charge in [-0.25, -0.2) is 9.97 Å². The lowest BCUT2D eigenvalue weighted by Crippen LogP contribution is -2.09. The van der Waals surface area contributed by atoms with Crippen molar-refractivity contribution in [3.05, 3.63) is 41.7 Å². The molecule has 0 aliphatic heterocycles. The van der Waals surface area contributed by atoms with Gasteiger partial charge in [0.1, 0.15) is 17.7 Å². The molecule has 1 aromatic carbocycles. The van der Waals surface area contributed by atoms with Crippen LogP contribution in [0.4, 0.5) is 13.2 Å². The minimum Gasteiger partial charge on any atom is -0.494 e. The molecule has 2 rings (SSSR count). The van der Waals surface area contributed by atoms with Crippen molar-refractivity contribution in [2.75, 3.05) is 6.61 Å². The van der Waals surface area contributed by atoms with E-state index in [0.29, 0.717) is 18.6 Å². The van der Waals surface area contributed by atoms with Crippen LogP contribution in [0.3, 0.4) is 0 Å². The SMILES string of the molecule is CCOc1cc(C=O)cc(-c2nccc(C(F)(F)F)n2)c1. The first-order valence-electron chi connectivity index (χ1n) is 6.07. The lowest BCUT2D eigenvalue weighted by Gasteiger charge is -2.09. The predicted molar refractivity (Wildman–Crippen MR) is 69.0 cm³/mol. The number of alkyl halides is 3. The van der Waals surface area contributed by atoms with Crippen molar-refractivity contribution in [3.8, 4) is 17.1 Å². The van der Waals surface area contributed by atoms with Gasteiger partial charge in [0, 0.05) is 17.3 Å². The van der Waals surface area contributed by atoms with E-state index in [1.807, 2.05) is 0 Å². The first-order valence-corrected chi connectivity index (χ1v) is 6.07. The number of aromatic nitrogens is 2. The summed E-state index contributed by atoms with van der Waals surface area (Å²) in [6.07, 6.45) is -2.94. The highest BCUT2D eigenvalue weighted by Gasteiger charge is 2.32. The zero-order chi connectivity index (χ0) is 15.5. The van der Waals surface area contributed by atoms with E-state index in [1.54, 1.807) is 6.92 Å². The highest BCUT2D eigenvalue weighted by atomic mass is 19.4. The Balaban J connectivity index is 2.50. The maximum absolute atomic E-state index is 12.7. The molecule has 0 fully saturated rings. The molecule has 0 spiro atoms. The van der Waals surface area contributed by atoms with Gasteiger partial charge in [-0.3, -0.25) is 4.79 Å². The Labute approximate surface area is 118 Å². The summed E-state index contributed by atoms with van der Waals surface area (Å²) in [4.78, 5) is 18.2. The van der Waals surface area contributed by atoms with Gasteiger partial charge >= 0.3 is 6.18 Å². The fourth-order valence-corrected chi connectivity index (χ4v) is 1.72. The molecule has 21 heavy (non-hydrogen) atoms. The van der Waals surface area contributed by atoms with E-state index < -0.39 is 11.9 Å². The summed E-state index contributed by atoms with van der Waals surface area (Å²) in [6, 6.07) is 5.18. The first kappa shape index (κ1) is 15.0. The third kappa shape index (κ3) is 3.56. The van der Waals surface area contributed by atoms with Crippen molar-refractivity contribution in [2.45, 2.75) is 13.1 Å². The van der Waals surface area contributed by atoms with Crippen molar-refractivity contribution in [1.29, 1.82) is 0 Å². The first-order chi connectivity index (χ1) is 9.94. The van der Waals surface area contributed by atoms with Crippen LogP contribution in [0.25, 0.3) is 11.4 Å². The molecule has 0 N–H and O–H groups in total. The molecule has 0 unspecified atom stereocenters. The van der Waals surface area contributed by atoms with Crippen LogP contribution in [0, 0.1) is 0 Å². The largest absolute Gasteiger partial charge is 0.494 e. The van der Waals surface area contributed by atoms with Crippen molar-refractivity contribution < 1.29 is 22.7 Å². The van der Waals surface area contributed by atoms with Crippen LogP contribution in [0.5, 0.6) is 5.75 Å². The van der Waals surface area contributed by atoms with Crippen molar-refractivity contribution in [3.63, 3.8) is 0 Å². The number of halogens is 3.